The molecule has 2 atom stereocenters. The van der Waals surface area contributed by atoms with Crippen LogP contribution in [0.25, 0.3) is 0 Å². The number of hydrogen-bond acceptors (Lipinski definition) is 5. The van der Waals surface area contributed by atoms with Crippen molar-refractivity contribution in [1.82, 2.24) is 10.2 Å². The zero-order chi connectivity index (χ0) is 20.1. The van der Waals surface area contributed by atoms with Crippen LogP contribution in [0.1, 0.15) is 12.0 Å². The van der Waals surface area contributed by atoms with E-state index >= 15 is 0 Å². The molecule has 2 unspecified atom stereocenters. The molecule has 2 rings (SSSR count). The minimum atomic E-state index is -1.03. The molecule has 1 fully saturated rings. The molecule has 0 aliphatic carbocycles. The number of benzene rings is 1. The van der Waals surface area contributed by atoms with E-state index < -0.39 is 36.2 Å². The molecular weight excluding hydrogens is 395 g/mol. The van der Waals surface area contributed by atoms with E-state index in [0.717, 1.165) is 0 Å². The van der Waals surface area contributed by atoms with Gasteiger partial charge in [0.05, 0.1) is 23.3 Å². The number of hydrogen-bond donors (Lipinski definition) is 2. The van der Waals surface area contributed by atoms with Gasteiger partial charge in [0.1, 0.15) is 12.3 Å². The number of nitrogens with zero attached hydrogens (tertiary/aromatic N) is 2. The number of aryl methyl sites for hydroxylation is 1. The summed E-state index contributed by atoms with van der Waals surface area (Å²) >= 11 is 11.9. The lowest BCUT2D eigenvalue weighted by Crippen LogP contribution is -2.45. The molecule has 27 heavy (non-hydrogen) atoms. The highest BCUT2D eigenvalue weighted by atomic mass is 35.5. The van der Waals surface area contributed by atoms with Crippen LogP contribution in [0.4, 0.5) is 5.69 Å². The molecule has 3 amide bonds. The lowest BCUT2D eigenvalue weighted by atomic mass is 10.1. The van der Waals surface area contributed by atoms with E-state index in [2.05, 4.69) is 10.6 Å². The number of carbonyl (C=O) groups excluding carboxylic acids is 4. The monoisotopic (exact) mass is 410 g/mol. The number of rotatable bonds is 4. The van der Waals surface area contributed by atoms with Gasteiger partial charge in [-0.15, -0.1) is 0 Å². The number of aldehydes is 1. The summed E-state index contributed by atoms with van der Waals surface area (Å²) in [6.45, 7) is 1.30. The Morgan fingerprint density at radius 1 is 1.33 bits per heavy atom. The van der Waals surface area contributed by atoms with E-state index in [1.807, 2.05) is 6.07 Å². The van der Waals surface area contributed by atoms with Crippen LogP contribution in [0.15, 0.2) is 12.1 Å². The largest absolute Gasteiger partial charge is 0.339 e. The molecule has 0 saturated carbocycles. The van der Waals surface area contributed by atoms with Crippen molar-refractivity contribution in [2.75, 3.05) is 18.4 Å². The highest BCUT2D eigenvalue weighted by molar-refractivity contribution is 6.42. The fourth-order valence-electron chi connectivity index (χ4n) is 2.73. The normalized spacial score (nSPS) is 18.5. The Hall–Kier alpha value is -2.63. The van der Waals surface area contributed by atoms with Gasteiger partial charge in [0.25, 0.3) is 0 Å². The Morgan fingerprint density at radius 3 is 2.63 bits per heavy atom. The third-order valence-corrected chi connectivity index (χ3v) is 4.61. The van der Waals surface area contributed by atoms with Crippen LogP contribution in [-0.2, 0) is 19.2 Å². The molecule has 2 N–H and O–H groups in total. The van der Waals surface area contributed by atoms with Crippen molar-refractivity contribution in [3.05, 3.63) is 27.7 Å². The number of nitriles is 1. The first-order valence-electron chi connectivity index (χ1n) is 7.96. The summed E-state index contributed by atoms with van der Waals surface area (Å²) in [7, 11) is 0. The van der Waals surface area contributed by atoms with Gasteiger partial charge in [-0.2, -0.15) is 5.26 Å². The van der Waals surface area contributed by atoms with Crippen molar-refractivity contribution in [3.8, 4) is 6.07 Å². The van der Waals surface area contributed by atoms with E-state index in [1.54, 1.807) is 13.0 Å². The molecule has 1 heterocycles. The van der Waals surface area contributed by atoms with E-state index in [1.165, 1.54) is 11.0 Å². The van der Waals surface area contributed by atoms with Gasteiger partial charge in [-0.25, -0.2) is 0 Å². The second-order valence-corrected chi connectivity index (χ2v) is 6.88. The van der Waals surface area contributed by atoms with Crippen molar-refractivity contribution in [2.24, 2.45) is 5.92 Å². The van der Waals surface area contributed by atoms with Crippen LogP contribution < -0.4 is 10.6 Å². The maximum absolute atomic E-state index is 12.2. The van der Waals surface area contributed by atoms with E-state index in [0.29, 0.717) is 16.9 Å². The number of carbonyl (C=O) groups is 4. The summed E-state index contributed by atoms with van der Waals surface area (Å²) in [5.74, 6) is -2.99. The standard InChI is InChI=1S/C17H16Cl2N4O4/c1-9-2-11(18)4-13(19)15(9)22-17(27)16(26)21-6-14(25)23-7-10(8-24)3-12(23)5-20/h2,4,8,10,12H,3,6-7H2,1H3,(H,21,26)(H,22,27). The highest BCUT2D eigenvalue weighted by Gasteiger charge is 2.35. The van der Waals surface area contributed by atoms with Gasteiger partial charge >= 0.3 is 11.8 Å². The summed E-state index contributed by atoms with van der Waals surface area (Å²) in [5, 5.41) is 14.2. The van der Waals surface area contributed by atoms with E-state index in [4.69, 9.17) is 28.5 Å². The lowest BCUT2D eigenvalue weighted by molar-refractivity contribution is -0.138. The molecule has 142 valence electrons. The molecule has 1 aliphatic heterocycles. The Kier molecular flexibility index (Phi) is 6.77. The molecule has 0 radical (unpaired) electrons. The van der Waals surface area contributed by atoms with Crippen molar-refractivity contribution < 1.29 is 19.2 Å². The second-order valence-electron chi connectivity index (χ2n) is 6.04. The number of anilines is 1. The second kappa shape index (κ2) is 8.84. The fraction of sp³-hybridized carbons (Fsp3) is 0.353. The van der Waals surface area contributed by atoms with Crippen molar-refractivity contribution in [3.63, 3.8) is 0 Å². The summed E-state index contributed by atoms with van der Waals surface area (Å²) < 4.78 is 0. The minimum absolute atomic E-state index is 0.113. The highest BCUT2D eigenvalue weighted by Crippen LogP contribution is 2.29. The molecule has 1 aliphatic rings. The Bertz CT molecular complexity index is 814. The van der Waals surface area contributed by atoms with Crippen LogP contribution in [0, 0.1) is 24.2 Å². The van der Waals surface area contributed by atoms with Gasteiger partial charge in [0.2, 0.25) is 5.91 Å². The number of likely N-dealkylation sites (tertiary alicyclic amines) is 1. The average Bonchev–Trinajstić information content (AvgIpc) is 3.05. The molecule has 8 nitrogen and oxygen atoms in total. The quantitative estimate of drug-likeness (QED) is 0.572. The Balaban J connectivity index is 1.94. The van der Waals surface area contributed by atoms with Gasteiger partial charge in [0, 0.05) is 17.5 Å². The number of nitrogens with one attached hydrogen (secondary N) is 2. The summed E-state index contributed by atoms with van der Waals surface area (Å²) in [4.78, 5) is 48.2. The first-order valence-corrected chi connectivity index (χ1v) is 8.71. The van der Waals surface area contributed by atoms with Gasteiger partial charge in [0.15, 0.2) is 0 Å². The smallest absolute Gasteiger partial charge is 0.313 e. The third kappa shape index (κ3) is 4.96. The zero-order valence-electron chi connectivity index (χ0n) is 14.3. The van der Waals surface area contributed by atoms with Crippen molar-refractivity contribution in [1.29, 1.82) is 5.26 Å². The lowest BCUT2D eigenvalue weighted by Gasteiger charge is -2.19. The summed E-state index contributed by atoms with van der Waals surface area (Å²) in [6, 6.07) is 4.22. The maximum Gasteiger partial charge on any atom is 0.313 e. The average molecular weight is 411 g/mol. The summed E-state index contributed by atoms with van der Waals surface area (Å²) in [6.07, 6.45) is 0.955. The number of halogens is 2. The van der Waals surface area contributed by atoms with Crippen LogP contribution in [0.2, 0.25) is 10.0 Å². The van der Waals surface area contributed by atoms with Crippen LogP contribution in [-0.4, -0.2) is 48.0 Å². The molecule has 0 bridgehead atoms. The van der Waals surface area contributed by atoms with Gasteiger partial charge in [-0.1, -0.05) is 23.2 Å². The fourth-order valence-corrected chi connectivity index (χ4v) is 3.38. The van der Waals surface area contributed by atoms with E-state index in [-0.39, 0.29) is 23.7 Å². The maximum atomic E-state index is 12.2. The van der Waals surface area contributed by atoms with Crippen LogP contribution >= 0.6 is 23.2 Å². The Labute approximate surface area is 165 Å². The minimum Gasteiger partial charge on any atom is -0.339 e. The molecule has 1 aromatic carbocycles. The molecular formula is C17H16Cl2N4O4. The number of amides is 3. The van der Waals surface area contributed by atoms with Crippen LogP contribution in [0.3, 0.4) is 0 Å². The zero-order valence-corrected chi connectivity index (χ0v) is 15.8. The predicted molar refractivity (Wildman–Crippen MR) is 98.1 cm³/mol. The Morgan fingerprint density at radius 2 is 2.04 bits per heavy atom. The molecule has 0 spiro atoms. The predicted octanol–water partition coefficient (Wildman–Crippen LogP) is 1.30. The molecule has 0 aromatic heterocycles. The van der Waals surface area contributed by atoms with Gasteiger partial charge < -0.3 is 20.3 Å². The third-order valence-electron chi connectivity index (χ3n) is 4.09. The van der Waals surface area contributed by atoms with Crippen LogP contribution in [0.5, 0.6) is 0 Å². The van der Waals surface area contributed by atoms with Crippen molar-refractivity contribution in [2.45, 2.75) is 19.4 Å². The SMILES string of the molecule is Cc1cc(Cl)cc(Cl)c1NC(=O)C(=O)NCC(=O)N1CC(C=O)CC1C#N. The molecule has 10 heteroatoms. The first-order chi connectivity index (χ1) is 12.8. The van der Waals surface area contributed by atoms with E-state index in [9.17, 15) is 19.2 Å². The molecule has 1 saturated heterocycles. The van der Waals surface area contributed by atoms with Gasteiger partial charge in [-0.3, -0.25) is 14.4 Å². The summed E-state index contributed by atoms with van der Waals surface area (Å²) in [5.41, 5.74) is 0.809. The van der Waals surface area contributed by atoms with Crippen molar-refractivity contribution >= 4 is 52.9 Å². The first kappa shape index (κ1) is 20.7. The van der Waals surface area contributed by atoms with Gasteiger partial charge in [-0.05, 0) is 31.0 Å². The molecule has 1 aromatic rings. The topological polar surface area (TPSA) is 119 Å².